The Morgan fingerprint density at radius 1 is 1.24 bits per heavy atom. The number of aryl methyl sites for hydroxylation is 1. The van der Waals surface area contributed by atoms with Crippen molar-refractivity contribution >= 4 is 23.4 Å². The van der Waals surface area contributed by atoms with Gasteiger partial charge in [0.2, 0.25) is 11.8 Å². The fourth-order valence-corrected chi connectivity index (χ4v) is 3.03. The molecule has 2 amide bonds. The van der Waals surface area contributed by atoms with E-state index in [1.54, 1.807) is 13.0 Å². The van der Waals surface area contributed by atoms with Gasteiger partial charge in [-0.3, -0.25) is 19.0 Å². The summed E-state index contributed by atoms with van der Waals surface area (Å²) >= 11 is 6.13. The number of ether oxygens (including phenoxy) is 1. The van der Waals surface area contributed by atoms with Crippen LogP contribution in [0.25, 0.3) is 5.69 Å². The Kier molecular flexibility index (Phi) is 7.07. The molecule has 33 heavy (non-hydrogen) atoms. The van der Waals surface area contributed by atoms with E-state index in [1.165, 1.54) is 25.1 Å². The smallest absolute Gasteiger partial charge is 0.280 e. The number of nitrogens with one attached hydrogen (secondary N) is 1. The van der Waals surface area contributed by atoms with Gasteiger partial charge in [0.15, 0.2) is 5.02 Å². The molecule has 1 heterocycles. The lowest BCUT2D eigenvalue weighted by atomic mass is 10.1. The van der Waals surface area contributed by atoms with E-state index in [1.807, 2.05) is 0 Å². The Morgan fingerprint density at radius 3 is 2.64 bits per heavy atom. The normalized spacial score (nSPS) is 11.7. The number of nitrogens with zero attached hydrogens (tertiary/aromatic N) is 2. The molecule has 0 radical (unpaired) electrons. The highest BCUT2D eigenvalue weighted by atomic mass is 35.5. The molecular formula is C22H19ClF2N4O4. The molecule has 0 fully saturated rings. The van der Waals surface area contributed by atoms with Crippen molar-refractivity contribution in [3.63, 3.8) is 0 Å². The molecule has 172 valence electrons. The lowest BCUT2D eigenvalue weighted by Gasteiger charge is -2.14. The Hall–Kier alpha value is -3.79. The summed E-state index contributed by atoms with van der Waals surface area (Å²) in [7, 11) is 0. The van der Waals surface area contributed by atoms with Gasteiger partial charge in [-0.15, -0.1) is 0 Å². The van der Waals surface area contributed by atoms with Gasteiger partial charge in [-0.2, -0.15) is 0 Å². The number of hydrogen-bond donors (Lipinski definition) is 2. The maximum absolute atomic E-state index is 13.8. The molecule has 8 nitrogen and oxygen atoms in total. The van der Waals surface area contributed by atoms with E-state index in [2.05, 4.69) is 10.3 Å². The Morgan fingerprint density at radius 2 is 1.97 bits per heavy atom. The average Bonchev–Trinajstić information content (AvgIpc) is 2.76. The fourth-order valence-electron chi connectivity index (χ4n) is 2.83. The van der Waals surface area contributed by atoms with E-state index in [0.717, 1.165) is 17.0 Å². The third-order valence-corrected chi connectivity index (χ3v) is 5.09. The molecule has 0 aliphatic carbocycles. The number of amides is 2. The quantitative estimate of drug-likeness (QED) is 0.544. The molecule has 1 aromatic heterocycles. The first-order chi connectivity index (χ1) is 15.6. The third-order valence-electron chi connectivity index (χ3n) is 4.77. The number of aromatic nitrogens is 2. The molecule has 0 saturated carbocycles. The summed E-state index contributed by atoms with van der Waals surface area (Å²) in [6, 6.07) is 6.68. The number of primary amides is 1. The van der Waals surface area contributed by atoms with Crippen LogP contribution >= 0.6 is 11.6 Å². The van der Waals surface area contributed by atoms with Crippen LogP contribution in [0.4, 0.5) is 8.78 Å². The molecule has 0 aliphatic rings. The van der Waals surface area contributed by atoms with Crippen molar-refractivity contribution in [2.24, 2.45) is 5.73 Å². The van der Waals surface area contributed by atoms with E-state index in [0.29, 0.717) is 17.3 Å². The molecule has 0 bridgehead atoms. The highest BCUT2D eigenvalue weighted by molar-refractivity contribution is 6.31. The molecule has 3 aromatic rings. The van der Waals surface area contributed by atoms with Gasteiger partial charge in [0, 0.05) is 17.2 Å². The second kappa shape index (κ2) is 9.78. The molecule has 2 aromatic carbocycles. The van der Waals surface area contributed by atoms with Gasteiger partial charge in [-0.25, -0.2) is 13.8 Å². The first-order valence-corrected chi connectivity index (χ1v) is 10.0. The van der Waals surface area contributed by atoms with Gasteiger partial charge in [-0.05, 0) is 43.7 Å². The van der Waals surface area contributed by atoms with Crippen molar-refractivity contribution in [1.29, 1.82) is 0 Å². The molecular weight excluding hydrogens is 458 g/mol. The van der Waals surface area contributed by atoms with Crippen molar-refractivity contribution in [3.8, 4) is 11.6 Å². The molecule has 0 saturated heterocycles. The summed E-state index contributed by atoms with van der Waals surface area (Å²) in [5, 5.41) is 2.09. The summed E-state index contributed by atoms with van der Waals surface area (Å²) in [5.41, 5.74) is 5.67. The van der Waals surface area contributed by atoms with Crippen LogP contribution in [-0.2, 0) is 11.4 Å². The van der Waals surface area contributed by atoms with Gasteiger partial charge < -0.3 is 15.8 Å². The number of carbonyl (C=O) groups is 2. The lowest BCUT2D eigenvalue weighted by molar-refractivity contribution is -0.119. The molecule has 11 heteroatoms. The van der Waals surface area contributed by atoms with Crippen molar-refractivity contribution in [1.82, 2.24) is 14.9 Å². The summed E-state index contributed by atoms with van der Waals surface area (Å²) < 4.78 is 33.3. The molecule has 3 rings (SSSR count). The first kappa shape index (κ1) is 23.9. The zero-order valence-corrected chi connectivity index (χ0v) is 18.3. The number of rotatable bonds is 7. The standard InChI is InChI=1S/C22H19ClF2N4O4/c1-11-3-4-13(20(31)28-12(2)19(26)30)7-17(11)29-10-27-21(18(23)22(29)32)33-9-14-5-6-15(24)8-16(14)25/h3-8,10,12H,9H2,1-2H3,(H2,26,30)(H,28,31). The first-order valence-electron chi connectivity index (χ1n) is 9.63. The Labute approximate surface area is 192 Å². The summed E-state index contributed by atoms with van der Waals surface area (Å²) in [6.45, 7) is 2.83. The van der Waals surface area contributed by atoms with Gasteiger partial charge in [0.25, 0.3) is 11.5 Å². The van der Waals surface area contributed by atoms with Crippen molar-refractivity contribution in [2.45, 2.75) is 26.5 Å². The topological polar surface area (TPSA) is 116 Å². The maximum atomic E-state index is 13.8. The van der Waals surface area contributed by atoms with Crippen LogP contribution in [0.2, 0.25) is 5.02 Å². The largest absolute Gasteiger partial charge is 0.471 e. The number of nitrogens with two attached hydrogens (primary N) is 1. The van der Waals surface area contributed by atoms with Crippen LogP contribution in [0.3, 0.4) is 0 Å². The number of carbonyl (C=O) groups excluding carboxylic acids is 2. The van der Waals surface area contributed by atoms with Crippen LogP contribution in [0.5, 0.6) is 5.88 Å². The third kappa shape index (κ3) is 5.35. The Bertz CT molecular complexity index is 1300. The summed E-state index contributed by atoms with van der Waals surface area (Å²) in [6.07, 6.45) is 1.15. The van der Waals surface area contributed by atoms with Crippen molar-refractivity contribution < 1.29 is 23.1 Å². The predicted molar refractivity (Wildman–Crippen MR) is 116 cm³/mol. The second-order valence-corrected chi connectivity index (χ2v) is 7.54. The minimum absolute atomic E-state index is 0.0539. The lowest BCUT2D eigenvalue weighted by Crippen LogP contribution is -2.42. The Balaban J connectivity index is 1.88. The number of halogens is 3. The van der Waals surface area contributed by atoms with Gasteiger partial charge in [0.1, 0.15) is 30.6 Å². The van der Waals surface area contributed by atoms with Gasteiger partial charge in [-0.1, -0.05) is 17.7 Å². The fraction of sp³-hybridized carbons (Fsp3) is 0.182. The molecule has 1 unspecified atom stereocenters. The molecule has 0 aliphatic heterocycles. The zero-order valence-electron chi connectivity index (χ0n) is 17.6. The highest BCUT2D eigenvalue weighted by Crippen LogP contribution is 2.22. The minimum atomic E-state index is -0.886. The van der Waals surface area contributed by atoms with Crippen molar-refractivity contribution in [3.05, 3.63) is 86.4 Å². The highest BCUT2D eigenvalue weighted by Gasteiger charge is 2.18. The molecule has 0 spiro atoms. The number of benzene rings is 2. The summed E-state index contributed by atoms with van der Waals surface area (Å²) in [5.74, 6) is -3.03. The minimum Gasteiger partial charge on any atom is -0.471 e. The maximum Gasteiger partial charge on any atom is 0.280 e. The monoisotopic (exact) mass is 476 g/mol. The average molecular weight is 477 g/mol. The van der Waals surface area contributed by atoms with E-state index >= 15 is 0 Å². The second-order valence-electron chi connectivity index (χ2n) is 7.16. The van der Waals surface area contributed by atoms with Crippen LogP contribution in [0.1, 0.15) is 28.4 Å². The van der Waals surface area contributed by atoms with Gasteiger partial charge >= 0.3 is 0 Å². The number of hydrogen-bond acceptors (Lipinski definition) is 5. The van der Waals surface area contributed by atoms with Crippen LogP contribution in [0.15, 0.2) is 47.5 Å². The van der Waals surface area contributed by atoms with E-state index in [9.17, 15) is 23.2 Å². The SMILES string of the molecule is Cc1ccc(C(=O)NC(C)C(N)=O)cc1-n1cnc(OCc2ccc(F)cc2F)c(Cl)c1=O. The van der Waals surface area contributed by atoms with E-state index < -0.39 is 35.0 Å². The van der Waals surface area contributed by atoms with Crippen molar-refractivity contribution in [2.75, 3.05) is 0 Å². The van der Waals surface area contributed by atoms with Crippen LogP contribution < -0.4 is 21.3 Å². The van der Waals surface area contributed by atoms with Gasteiger partial charge in [0.05, 0.1) is 5.69 Å². The molecule has 1 atom stereocenters. The van der Waals surface area contributed by atoms with E-state index in [4.69, 9.17) is 22.1 Å². The zero-order chi connectivity index (χ0) is 24.3. The predicted octanol–water partition coefficient (Wildman–Crippen LogP) is 2.66. The summed E-state index contributed by atoms with van der Waals surface area (Å²) in [4.78, 5) is 40.5. The van der Waals surface area contributed by atoms with Crippen LogP contribution in [0, 0.1) is 18.6 Å². The molecule has 3 N–H and O–H groups in total. The van der Waals surface area contributed by atoms with E-state index in [-0.39, 0.29) is 28.6 Å². The van der Waals surface area contributed by atoms with Crippen LogP contribution in [-0.4, -0.2) is 27.4 Å².